The van der Waals surface area contributed by atoms with Crippen LogP contribution < -0.4 is 10.5 Å². The van der Waals surface area contributed by atoms with E-state index in [9.17, 15) is 4.79 Å². The first kappa shape index (κ1) is 15.3. The molecule has 0 bridgehead atoms. The third-order valence-electron chi connectivity index (χ3n) is 3.39. The Morgan fingerprint density at radius 3 is 2.78 bits per heavy atom. The van der Waals surface area contributed by atoms with Crippen LogP contribution in [0.5, 0.6) is 5.75 Å². The Kier molecular flexibility index (Phi) is 4.44. The van der Waals surface area contributed by atoms with Gasteiger partial charge in [-0.15, -0.1) is 0 Å². The van der Waals surface area contributed by atoms with Gasteiger partial charge in [0.25, 0.3) is 0 Å². The summed E-state index contributed by atoms with van der Waals surface area (Å²) in [5.74, 6) is 0.361. The summed E-state index contributed by atoms with van der Waals surface area (Å²) in [4.78, 5) is 15.3. The van der Waals surface area contributed by atoms with E-state index in [-0.39, 0.29) is 12.3 Å². The molecule has 0 atom stereocenters. The van der Waals surface area contributed by atoms with Gasteiger partial charge in [-0.3, -0.25) is 9.78 Å². The minimum Gasteiger partial charge on any atom is -0.489 e. The molecule has 0 spiro atoms. The first-order valence-corrected chi connectivity index (χ1v) is 7.52. The van der Waals surface area contributed by atoms with Gasteiger partial charge < -0.3 is 10.5 Å². The second-order valence-electron chi connectivity index (χ2n) is 5.26. The number of benzene rings is 2. The Bertz CT molecular complexity index is 865. The molecule has 0 saturated carbocycles. The summed E-state index contributed by atoms with van der Waals surface area (Å²) >= 11 is 5.96. The summed E-state index contributed by atoms with van der Waals surface area (Å²) in [5, 5.41) is 1.63. The van der Waals surface area contributed by atoms with Gasteiger partial charge in [-0.1, -0.05) is 23.7 Å². The van der Waals surface area contributed by atoms with Crippen molar-refractivity contribution in [2.45, 2.75) is 13.0 Å². The minimum atomic E-state index is -0.368. The van der Waals surface area contributed by atoms with Crippen LogP contribution in [0, 0.1) is 0 Å². The monoisotopic (exact) mass is 326 g/mol. The molecule has 0 unspecified atom stereocenters. The third-order valence-corrected chi connectivity index (χ3v) is 3.62. The van der Waals surface area contributed by atoms with Gasteiger partial charge in [-0.25, -0.2) is 0 Å². The molecule has 4 nitrogen and oxygen atoms in total. The molecule has 0 saturated heterocycles. The number of carbonyl (C=O) groups is 1. The highest BCUT2D eigenvalue weighted by molar-refractivity contribution is 6.30. The largest absolute Gasteiger partial charge is 0.489 e. The fourth-order valence-corrected chi connectivity index (χ4v) is 2.54. The molecule has 5 heteroatoms. The van der Waals surface area contributed by atoms with E-state index in [4.69, 9.17) is 22.1 Å². The number of primary amides is 1. The van der Waals surface area contributed by atoms with Gasteiger partial charge >= 0.3 is 0 Å². The number of nitrogens with zero attached hydrogens (tertiary/aromatic N) is 1. The van der Waals surface area contributed by atoms with Crippen molar-refractivity contribution >= 4 is 28.4 Å². The van der Waals surface area contributed by atoms with Crippen molar-refractivity contribution in [1.29, 1.82) is 0 Å². The zero-order chi connectivity index (χ0) is 16.2. The van der Waals surface area contributed by atoms with Gasteiger partial charge in [0, 0.05) is 22.7 Å². The summed E-state index contributed by atoms with van der Waals surface area (Å²) < 4.78 is 5.78. The maximum Gasteiger partial charge on any atom is 0.221 e. The van der Waals surface area contributed by atoms with Crippen LogP contribution in [0.1, 0.15) is 11.1 Å². The van der Waals surface area contributed by atoms with Crippen LogP contribution in [0.25, 0.3) is 10.9 Å². The van der Waals surface area contributed by atoms with Gasteiger partial charge in [0.05, 0.1) is 11.9 Å². The molecular formula is C18H15ClN2O2. The Morgan fingerprint density at radius 2 is 2.00 bits per heavy atom. The SMILES string of the molecule is NC(=O)Cc1cnc2cc(OCc3cccc(Cl)c3)ccc2c1. The van der Waals surface area contributed by atoms with Gasteiger partial charge in [0.1, 0.15) is 12.4 Å². The van der Waals surface area contributed by atoms with Crippen molar-refractivity contribution in [3.8, 4) is 5.75 Å². The molecule has 0 aliphatic heterocycles. The quantitative estimate of drug-likeness (QED) is 0.780. The molecule has 1 heterocycles. The highest BCUT2D eigenvalue weighted by Crippen LogP contribution is 2.21. The number of carbonyl (C=O) groups excluding carboxylic acids is 1. The lowest BCUT2D eigenvalue weighted by molar-refractivity contribution is -0.117. The molecular weight excluding hydrogens is 312 g/mol. The lowest BCUT2D eigenvalue weighted by Gasteiger charge is -2.08. The molecule has 3 rings (SSSR count). The van der Waals surface area contributed by atoms with Crippen LogP contribution >= 0.6 is 11.6 Å². The van der Waals surface area contributed by atoms with Crippen molar-refractivity contribution in [2.24, 2.45) is 5.73 Å². The van der Waals surface area contributed by atoms with Crippen LogP contribution in [-0.2, 0) is 17.8 Å². The Hall–Kier alpha value is -2.59. The fraction of sp³-hybridized carbons (Fsp3) is 0.111. The number of aromatic nitrogens is 1. The van der Waals surface area contributed by atoms with E-state index in [2.05, 4.69) is 4.98 Å². The number of amides is 1. The van der Waals surface area contributed by atoms with E-state index in [1.165, 1.54) is 0 Å². The zero-order valence-electron chi connectivity index (χ0n) is 12.3. The molecule has 23 heavy (non-hydrogen) atoms. The van der Waals surface area contributed by atoms with Gasteiger partial charge in [-0.05, 0) is 41.5 Å². The lowest BCUT2D eigenvalue weighted by Crippen LogP contribution is -2.13. The number of fused-ring (bicyclic) bond motifs is 1. The average molecular weight is 327 g/mol. The topological polar surface area (TPSA) is 65.2 Å². The van der Waals surface area contributed by atoms with Crippen molar-refractivity contribution in [3.05, 3.63) is 70.9 Å². The summed E-state index contributed by atoms with van der Waals surface area (Å²) in [5.41, 5.74) is 7.81. The number of halogens is 1. The maximum absolute atomic E-state index is 11.0. The van der Waals surface area contributed by atoms with E-state index in [1.54, 1.807) is 6.20 Å². The molecule has 0 radical (unpaired) electrons. The Balaban J connectivity index is 1.76. The molecule has 0 aliphatic rings. The van der Waals surface area contributed by atoms with E-state index in [1.807, 2.05) is 48.5 Å². The molecule has 3 aromatic rings. The molecule has 0 fully saturated rings. The molecule has 1 aromatic heterocycles. The predicted octanol–water partition coefficient (Wildman–Crippen LogP) is 3.50. The van der Waals surface area contributed by atoms with Crippen molar-refractivity contribution in [2.75, 3.05) is 0 Å². The number of hydrogen-bond acceptors (Lipinski definition) is 3. The van der Waals surface area contributed by atoms with Crippen molar-refractivity contribution in [1.82, 2.24) is 4.98 Å². The zero-order valence-corrected chi connectivity index (χ0v) is 13.1. The highest BCUT2D eigenvalue weighted by Gasteiger charge is 2.04. The summed E-state index contributed by atoms with van der Waals surface area (Å²) in [6.45, 7) is 0.436. The van der Waals surface area contributed by atoms with Gasteiger partial charge in [0.15, 0.2) is 0 Å². The molecule has 2 aromatic carbocycles. The lowest BCUT2D eigenvalue weighted by atomic mass is 10.1. The van der Waals surface area contributed by atoms with Gasteiger partial charge in [-0.2, -0.15) is 0 Å². The molecule has 2 N–H and O–H groups in total. The number of rotatable bonds is 5. The van der Waals surface area contributed by atoms with Crippen molar-refractivity contribution in [3.63, 3.8) is 0 Å². The van der Waals surface area contributed by atoms with E-state index < -0.39 is 0 Å². The van der Waals surface area contributed by atoms with Crippen molar-refractivity contribution < 1.29 is 9.53 Å². The number of ether oxygens (including phenoxy) is 1. The van der Waals surface area contributed by atoms with E-state index >= 15 is 0 Å². The third kappa shape index (κ3) is 3.99. The number of hydrogen-bond donors (Lipinski definition) is 1. The summed E-state index contributed by atoms with van der Waals surface area (Å²) in [6, 6.07) is 15.1. The minimum absolute atomic E-state index is 0.190. The van der Waals surface area contributed by atoms with Crippen LogP contribution in [0.4, 0.5) is 0 Å². The molecule has 0 aliphatic carbocycles. The maximum atomic E-state index is 11.0. The first-order valence-electron chi connectivity index (χ1n) is 7.14. The second-order valence-corrected chi connectivity index (χ2v) is 5.70. The normalized spacial score (nSPS) is 10.7. The number of nitrogens with two attached hydrogens (primary N) is 1. The summed E-state index contributed by atoms with van der Waals surface area (Å²) in [7, 11) is 0. The first-order chi connectivity index (χ1) is 11.1. The van der Waals surface area contributed by atoms with E-state index in [0.29, 0.717) is 11.6 Å². The standard InChI is InChI=1S/C18H15ClN2O2/c19-15-3-1-2-12(7-15)11-23-16-5-4-14-6-13(8-18(20)22)10-21-17(14)9-16/h1-7,9-10H,8,11H2,(H2,20,22). The second kappa shape index (κ2) is 6.67. The Morgan fingerprint density at radius 1 is 1.13 bits per heavy atom. The van der Waals surface area contributed by atoms with Gasteiger partial charge in [0.2, 0.25) is 5.91 Å². The van der Waals surface area contributed by atoms with Crippen LogP contribution in [-0.4, -0.2) is 10.9 Å². The van der Waals surface area contributed by atoms with Crippen LogP contribution in [0.3, 0.4) is 0 Å². The summed E-state index contributed by atoms with van der Waals surface area (Å²) in [6.07, 6.45) is 1.85. The average Bonchev–Trinajstić information content (AvgIpc) is 2.52. The van der Waals surface area contributed by atoms with E-state index in [0.717, 1.165) is 27.8 Å². The van der Waals surface area contributed by atoms with Crippen LogP contribution in [0.15, 0.2) is 54.7 Å². The predicted molar refractivity (Wildman–Crippen MR) is 90.4 cm³/mol. The smallest absolute Gasteiger partial charge is 0.221 e. The number of pyridine rings is 1. The fourth-order valence-electron chi connectivity index (χ4n) is 2.33. The Labute approximate surface area is 138 Å². The van der Waals surface area contributed by atoms with Crippen LogP contribution in [0.2, 0.25) is 5.02 Å². The molecule has 1 amide bonds. The highest BCUT2D eigenvalue weighted by atomic mass is 35.5. The molecule has 116 valence electrons.